The molecule has 33 heavy (non-hydrogen) atoms. The molecule has 0 aliphatic carbocycles. The lowest BCUT2D eigenvalue weighted by molar-refractivity contribution is -0.211. The van der Waals surface area contributed by atoms with Gasteiger partial charge in [0.15, 0.2) is 11.0 Å². The summed E-state index contributed by atoms with van der Waals surface area (Å²) in [5.41, 5.74) is 6.05. The number of alkyl halides is 6. The van der Waals surface area contributed by atoms with Gasteiger partial charge in [-0.15, -0.1) is 36.6 Å². The Morgan fingerprint density at radius 2 is 1.67 bits per heavy atom. The molecule has 0 amide bonds. The number of hydrogen-bond acceptors (Lipinski definition) is 7. The van der Waals surface area contributed by atoms with E-state index in [2.05, 4.69) is 19.7 Å². The Bertz CT molecular complexity index is 958. The van der Waals surface area contributed by atoms with Crippen molar-refractivity contribution in [2.75, 3.05) is 18.1 Å². The average molecular weight is 570 g/mol. The van der Waals surface area contributed by atoms with Crippen LogP contribution in [0.5, 0.6) is 0 Å². The topological polar surface area (TPSA) is 136 Å². The Labute approximate surface area is 199 Å². The van der Waals surface area contributed by atoms with Crippen molar-refractivity contribution in [2.45, 2.75) is 49.0 Å². The molecule has 2 heterocycles. The van der Waals surface area contributed by atoms with Crippen LogP contribution in [-0.2, 0) is 15.8 Å². The molecule has 0 aliphatic heterocycles. The molecule has 0 aliphatic rings. The molecule has 0 aromatic carbocycles. The van der Waals surface area contributed by atoms with E-state index in [1.807, 2.05) is 6.92 Å². The van der Waals surface area contributed by atoms with Gasteiger partial charge in [-0.2, -0.15) is 31.3 Å². The summed E-state index contributed by atoms with van der Waals surface area (Å²) in [7, 11) is -6.02. The third-order valence-corrected chi connectivity index (χ3v) is 6.27. The number of anilines is 1. The molecule has 2 rings (SSSR count). The van der Waals surface area contributed by atoms with Crippen LogP contribution in [0.2, 0.25) is 0 Å². The minimum Gasteiger partial charge on any atom is -0.368 e. The predicted molar refractivity (Wildman–Crippen MR) is 113 cm³/mol. The van der Waals surface area contributed by atoms with Gasteiger partial charge in [-0.25, -0.2) is 9.97 Å². The van der Waals surface area contributed by atoms with Gasteiger partial charge in [-0.3, -0.25) is 4.57 Å². The molecule has 192 valence electrons. The number of nitrogens with two attached hydrogens (primary N) is 1. The second-order valence-corrected chi connectivity index (χ2v) is 9.51. The standard InChI is InChI=1S/C14H18F6N5O4PS.2ClH/c1-2-31-10-8-9(23-11(21)24-10)25(7-22-8)3-4-29-12(30(26,27)28,5-13(15,16)17)6-14(18,19)20;;/h7H,2-6H2,1H3,(H2,21,23,24)(H2,26,27,28);2*1H. The third-order valence-electron chi connectivity index (χ3n) is 3.92. The zero-order chi connectivity index (χ0) is 23.7. The number of aromatic nitrogens is 4. The molecule has 0 bridgehead atoms. The van der Waals surface area contributed by atoms with Gasteiger partial charge in [0.2, 0.25) is 5.95 Å². The Hall–Kier alpha value is -1.03. The van der Waals surface area contributed by atoms with Gasteiger partial charge in [0, 0.05) is 6.54 Å². The smallest absolute Gasteiger partial charge is 0.368 e. The first-order valence-electron chi connectivity index (χ1n) is 8.51. The molecule has 0 spiro atoms. The van der Waals surface area contributed by atoms with Crippen molar-refractivity contribution in [3.63, 3.8) is 0 Å². The molecule has 0 saturated carbocycles. The lowest BCUT2D eigenvalue weighted by Gasteiger charge is -2.35. The fraction of sp³-hybridized carbons (Fsp3) is 0.643. The SMILES string of the molecule is CCSc1nc(N)nc2c1ncn2CCOC(CC(F)(F)F)(CC(F)(F)F)P(=O)(O)O.Cl.Cl. The average Bonchev–Trinajstić information content (AvgIpc) is 2.94. The Morgan fingerprint density at radius 3 is 2.12 bits per heavy atom. The summed E-state index contributed by atoms with van der Waals surface area (Å²) in [6, 6.07) is 0. The van der Waals surface area contributed by atoms with Crippen LogP contribution in [-0.4, -0.2) is 59.4 Å². The van der Waals surface area contributed by atoms with E-state index in [9.17, 15) is 40.7 Å². The minimum absolute atomic E-state index is 0. The van der Waals surface area contributed by atoms with E-state index >= 15 is 0 Å². The van der Waals surface area contributed by atoms with Crippen LogP contribution in [0.15, 0.2) is 11.4 Å². The van der Waals surface area contributed by atoms with Gasteiger partial charge in [0.1, 0.15) is 10.5 Å². The van der Waals surface area contributed by atoms with Crippen molar-refractivity contribution in [2.24, 2.45) is 0 Å². The van der Waals surface area contributed by atoms with E-state index in [4.69, 9.17) is 5.73 Å². The molecule has 9 nitrogen and oxygen atoms in total. The van der Waals surface area contributed by atoms with E-state index in [0.29, 0.717) is 16.3 Å². The van der Waals surface area contributed by atoms with Crippen molar-refractivity contribution in [1.82, 2.24) is 19.5 Å². The Morgan fingerprint density at radius 1 is 1.12 bits per heavy atom. The third kappa shape index (κ3) is 8.60. The van der Waals surface area contributed by atoms with Crippen molar-refractivity contribution >= 4 is 61.3 Å². The van der Waals surface area contributed by atoms with Gasteiger partial charge in [-0.05, 0) is 5.75 Å². The van der Waals surface area contributed by atoms with Crippen molar-refractivity contribution < 1.29 is 45.4 Å². The van der Waals surface area contributed by atoms with Crippen LogP contribution in [0, 0.1) is 0 Å². The quantitative estimate of drug-likeness (QED) is 0.176. The molecule has 4 N–H and O–H groups in total. The van der Waals surface area contributed by atoms with Gasteiger partial charge < -0.3 is 24.8 Å². The highest BCUT2D eigenvalue weighted by Crippen LogP contribution is 2.60. The summed E-state index contributed by atoms with van der Waals surface area (Å²) in [6.07, 6.45) is -14.4. The second-order valence-electron chi connectivity index (χ2n) is 6.35. The van der Waals surface area contributed by atoms with Crippen molar-refractivity contribution in [1.29, 1.82) is 0 Å². The van der Waals surface area contributed by atoms with Gasteiger partial charge in [0.05, 0.1) is 25.8 Å². The predicted octanol–water partition coefficient (Wildman–Crippen LogP) is 4.16. The Kier molecular flexibility index (Phi) is 11.2. The van der Waals surface area contributed by atoms with Crippen LogP contribution < -0.4 is 5.73 Å². The van der Waals surface area contributed by atoms with Crippen LogP contribution >= 0.6 is 44.2 Å². The van der Waals surface area contributed by atoms with E-state index in [1.165, 1.54) is 22.7 Å². The fourth-order valence-electron chi connectivity index (χ4n) is 2.75. The number of thioether (sulfide) groups is 1. The molecule has 19 heteroatoms. The van der Waals surface area contributed by atoms with Gasteiger partial charge >= 0.3 is 19.9 Å². The first-order valence-corrected chi connectivity index (χ1v) is 11.1. The number of fused-ring (bicyclic) bond motifs is 1. The first-order chi connectivity index (χ1) is 14.1. The summed E-state index contributed by atoms with van der Waals surface area (Å²) >= 11 is 1.29. The maximum atomic E-state index is 12.9. The van der Waals surface area contributed by atoms with Crippen molar-refractivity contribution in [3.8, 4) is 0 Å². The lowest BCUT2D eigenvalue weighted by Crippen LogP contribution is -2.42. The minimum atomic E-state index is -6.02. The molecule has 2 aromatic heterocycles. The van der Waals surface area contributed by atoms with Crippen LogP contribution in [0.25, 0.3) is 11.2 Å². The number of nitrogens with zero attached hydrogens (tertiary/aromatic N) is 4. The van der Waals surface area contributed by atoms with Gasteiger partial charge in [0.25, 0.3) is 0 Å². The molecule has 0 fully saturated rings. The second kappa shape index (κ2) is 11.6. The molecule has 0 atom stereocenters. The van der Waals surface area contributed by atoms with Gasteiger partial charge in [-0.1, -0.05) is 6.92 Å². The highest BCUT2D eigenvalue weighted by molar-refractivity contribution is 7.99. The maximum Gasteiger partial charge on any atom is 0.392 e. The maximum absolute atomic E-state index is 12.9. The van der Waals surface area contributed by atoms with Crippen LogP contribution in [0.3, 0.4) is 0 Å². The molecule has 0 saturated heterocycles. The van der Waals surface area contributed by atoms with E-state index in [-0.39, 0.29) is 36.4 Å². The molecular weight excluding hydrogens is 550 g/mol. The van der Waals surface area contributed by atoms with Crippen LogP contribution in [0.4, 0.5) is 32.3 Å². The number of nitrogen functional groups attached to an aromatic ring is 1. The van der Waals surface area contributed by atoms with Crippen molar-refractivity contribution in [3.05, 3.63) is 6.33 Å². The number of hydrogen-bond donors (Lipinski definition) is 3. The zero-order valence-electron chi connectivity index (χ0n) is 16.6. The number of ether oxygens (including phenoxy) is 1. The molecule has 0 radical (unpaired) electrons. The number of rotatable bonds is 9. The first kappa shape index (κ1) is 32.0. The lowest BCUT2D eigenvalue weighted by atomic mass is 10.1. The van der Waals surface area contributed by atoms with E-state index < -0.39 is 51.3 Å². The highest BCUT2D eigenvalue weighted by Gasteiger charge is 2.59. The highest BCUT2D eigenvalue weighted by atomic mass is 35.5. The molecule has 2 aromatic rings. The van der Waals surface area contributed by atoms with E-state index in [0.717, 1.165) is 0 Å². The number of imidazole rings is 1. The summed E-state index contributed by atoms with van der Waals surface area (Å²) < 4.78 is 94.9. The fourth-order valence-corrected chi connectivity index (χ4v) is 4.49. The summed E-state index contributed by atoms with van der Waals surface area (Å²) in [5.74, 6) is 0.478. The normalized spacial score (nSPS) is 13.0. The zero-order valence-corrected chi connectivity index (χ0v) is 20.0. The Balaban J connectivity index is 0.00000512. The molecular formula is C14H20Cl2F6N5O4PS. The summed E-state index contributed by atoms with van der Waals surface area (Å²) in [6.45, 7) is 0.534. The largest absolute Gasteiger partial charge is 0.392 e. The molecule has 0 unspecified atom stereocenters. The number of halogens is 8. The van der Waals surface area contributed by atoms with Crippen LogP contribution in [0.1, 0.15) is 19.8 Å². The summed E-state index contributed by atoms with van der Waals surface area (Å²) in [5, 5.41) is -3.40. The van der Waals surface area contributed by atoms with E-state index in [1.54, 1.807) is 0 Å². The monoisotopic (exact) mass is 569 g/mol. The summed E-state index contributed by atoms with van der Waals surface area (Å²) in [4.78, 5) is 30.7.